The average molecular weight is 238 g/mol. The molecule has 1 rings (SSSR count). The van der Waals surface area contributed by atoms with Gasteiger partial charge in [0, 0.05) is 25.0 Å². The maximum atomic E-state index is 11.5. The van der Waals surface area contributed by atoms with E-state index < -0.39 is 0 Å². The minimum absolute atomic E-state index is 0.0478. The third kappa shape index (κ3) is 5.49. The lowest BCUT2D eigenvalue weighted by atomic mass is 10.1. The van der Waals surface area contributed by atoms with Gasteiger partial charge >= 0.3 is 0 Å². The van der Waals surface area contributed by atoms with Gasteiger partial charge in [-0.3, -0.25) is 9.48 Å². The molecule has 0 aliphatic heterocycles. The Labute approximate surface area is 103 Å². The molecular formula is C12H22N4O. The van der Waals surface area contributed by atoms with E-state index in [0.717, 1.165) is 13.1 Å². The number of nitrogens with one attached hydrogen (secondary N) is 2. The maximum absolute atomic E-state index is 11.5. The van der Waals surface area contributed by atoms with Gasteiger partial charge in [0.15, 0.2) is 0 Å². The van der Waals surface area contributed by atoms with Crippen molar-refractivity contribution >= 4 is 5.91 Å². The molecule has 1 heterocycles. The van der Waals surface area contributed by atoms with Crippen LogP contribution in [0.5, 0.6) is 0 Å². The lowest BCUT2D eigenvalue weighted by Gasteiger charge is -2.17. The van der Waals surface area contributed by atoms with Crippen LogP contribution in [0.15, 0.2) is 18.5 Å². The molecule has 5 nitrogen and oxygen atoms in total. The molecule has 1 atom stereocenters. The van der Waals surface area contributed by atoms with Crippen molar-refractivity contribution < 1.29 is 4.79 Å². The lowest BCUT2D eigenvalue weighted by Crippen LogP contribution is -2.41. The Balaban J connectivity index is 2.08. The summed E-state index contributed by atoms with van der Waals surface area (Å²) in [5, 5.41) is 10.1. The summed E-state index contributed by atoms with van der Waals surface area (Å²) >= 11 is 0. The van der Waals surface area contributed by atoms with Crippen LogP contribution in [0.3, 0.4) is 0 Å². The molecule has 0 fully saturated rings. The van der Waals surface area contributed by atoms with Crippen molar-refractivity contribution in [1.82, 2.24) is 20.4 Å². The normalized spacial score (nSPS) is 12.7. The van der Waals surface area contributed by atoms with Crippen molar-refractivity contribution in [3.63, 3.8) is 0 Å². The quantitative estimate of drug-likeness (QED) is 0.685. The minimum atomic E-state index is 0.0478. The van der Waals surface area contributed by atoms with E-state index in [1.54, 1.807) is 6.20 Å². The topological polar surface area (TPSA) is 59.0 Å². The summed E-state index contributed by atoms with van der Waals surface area (Å²) in [7, 11) is 0. The molecule has 0 unspecified atom stereocenters. The number of aromatic nitrogens is 2. The second-order valence-corrected chi connectivity index (χ2v) is 4.55. The Bertz CT molecular complexity index is 321. The lowest BCUT2D eigenvalue weighted by molar-refractivity contribution is -0.121. The summed E-state index contributed by atoms with van der Waals surface area (Å²) in [6, 6.07) is 2.10. The largest absolute Gasteiger partial charge is 0.352 e. The molecule has 0 spiro atoms. The fraction of sp³-hybridized carbons (Fsp3) is 0.667. The molecule has 5 heteroatoms. The standard InChI is InChI=1S/C12H22N4O/c1-10(2)11(3)15-12(17)9-13-6-8-16-7-4-5-14-16/h4-5,7,10-11,13H,6,8-9H2,1-3H3,(H,15,17)/t11-/m1/s1. The van der Waals surface area contributed by atoms with Crippen LogP contribution in [0, 0.1) is 5.92 Å². The molecule has 0 bridgehead atoms. The summed E-state index contributed by atoms with van der Waals surface area (Å²) in [5.74, 6) is 0.509. The van der Waals surface area contributed by atoms with Crippen LogP contribution in [0.1, 0.15) is 20.8 Å². The summed E-state index contributed by atoms with van der Waals surface area (Å²) in [5.41, 5.74) is 0. The highest BCUT2D eigenvalue weighted by Gasteiger charge is 2.09. The van der Waals surface area contributed by atoms with Crippen molar-refractivity contribution in [2.75, 3.05) is 13.1 Å². The van der Waals surface area contributed by atoms with Gasteiger partial charge in [0.05, 0.1) is 13.1 Å². The van der Waals surface area contributed by atoms with E-state index in [9.17, 15) is 4.79 Å². The van der Waals surface area contributed by atoms with Gasteiger partial charge in [-0.05, 0) is 18.9 Å². The van der Waals surface area contributed by atoms with Gasteiger partial charge in [-0.25, -0.2) is 0 Å². The second kappa shape index (κ2) is 7.06. The third-order valence-electron chi connectivity index (χ3n) is 2.75. The van der Waals surface area contributed by atoms with Crippen LogP contribution in [-0.4, -0.2) is 34.8 Å². The molecule has 2 N–H and O–H groups in total. The Morgan fingerprint density at radius 1 is 1.41 bits per heavy atom. The summed E-state index contributed by atoms with van der Waals surface area (Å²) in [4.78, 5) is 11.5. The van der Waals surface area contributed by atoms with Crippen LogP contribution in [0.25, 0.3) is 0 Å². The zero-order valence-corrected chi connectivity index (χ0v) is 10.8. The number of carbonyl (C=O) groups is 1. The molecule has 17 heavy (non-hydrogen) atoms. The van der Waals surface area contributed by atoms with Crippen LogP contribution in [0.2, 0.25) is 0 Å². The summed E-state index contributed by atoms with van der Waals surface area (Å²) in [6.07, 6.45) is 3.65. The van der Waals surface area contributed by atoms with Gasteiger partial charge in [0.1, 0.15) is 0 Å². The molecule has 0 aliphatic carbocycles. The van der Waals surface area contributed by atoms with E-state index in [4.69, 9.17) is 0 Å². The van der Waals surface area contributed by atoms with Gasteiger partial charge < -0.3 is 10.6 Å². The van der Waals surface area contributed by atoms with Gasteiger partial charge in [-0.1, -0.05) is 13.8 Å². The smallest absolute Gasteiger partial charge is 0.234 e. The van der Waals surface area contributed by atoms with Gasteiger partial charge in [-0.2, -0.15) is 5.10 Å². The number of rotatable bonds is 7. The SMILES string of the molecule is CC(C)[C@@H](C)NC(=O)CNCCn1cccn1. The zero-order chi connectivity index (χ0) is 12.7. The molecule has 0 saturated heterocycles. The highest BCUT2D eigenvalue weighted by atomic mass is 16.1. The predicted octanol–water partition coefficient (Wildman–Crippen LogP) is 0.633. The fourth-order valence-corrected chi connectivity index (χ4v) is 1.30. The average Bonchev–Trinajstić information content (AvgIpc) is 2.77. The van der Waals surface area contributed by atoms with Crippen molar-refractivity contribution in [3.05, 3.63) is 18.5 Å². The molecular weight excluding hydrogens is 216 g/mol. The van der Waals surface area contributed by atoms with Crippen molar-refractivity contribution in [3.8, 4) is 0 Å². The molecule has 96 valence electrons. The molecule has 1 amide bonds. The molecule has 1 aromatic heterocycles. The summed E-state index contributed by atoms with van der Waals surface area (Å²) in [6.45, 7) is 8.09. The molecule has 0 radical (unpaired) electrons. The second-order valence-electron chi connectivity index (χ2n) is 4.55. The van der Waals surface area contributed by atoms with Gasteiger partial charge in [0.25, 0.3) is 0 Å². The third-order valence-corrected chi connectivity index (χ3v) is 2.75. The number of amides is 1. The first kappa shape index (κ1) is 13.7. The fourth-order valence-electron chi connectivity index (χ4n) is 1.30. The van der Waals surface area contributed by atoms with E-state index in [1.807, 2.05) is 23.9 Å². The van der Waals surface area contributed by atoms with E-state index in [-0.39, 0.29) is 11.9 Å². The van der Waals surface area contributed by atoms with E-state index in [1.165, 1.54) is 0 Å². The maximum Gasteiger partial charge on any atom is 0.234 e. The Kier molecular flexibility index (Phi) is 5.69. The van der Waals surface area contributed by atoms with E-state index >= 15 is 0 Å². The van der Waals surface area contributed by atoms with Gasteiger partial charge in [0.2, 0.25) is 5.91 Å². The Morgan fingerprint density at radius 3 is 2.76 bits per heavy atom. The number of nitrogens with zero attached hydrogens (tertiary/aromatic N) is 2. The first-order valence-electron chi connectivity index (χ1n) is 6.07. The van der Waals surface area contributed by atoms with Crippen LogP contribution < -0.4 is 10.6 Å². The van der Waals surface area contributed by atoms with E-state index in [0.29, 0.717) is 12.5 Å². The first-order chi connectivity index (χ1) is 8.09. The molecule has 1 aromatic rings. The van der Waals surface area contributed by atoms with Crippen LogP contribution in [0.4, 0.5) is 0 Å². The van der Waals surface area contributed by atoms with Crippen molar-refractivity contribution in [2.45, 2.75) is 33.4 Å². The highest BCUT2D eigenvalue weighted by Crippen LogP contribution is 1.98. The van der Waals surface area contributed by atoms with Crippen molar-refractivity contribution in [2.24, 2.45) is 5.92 Å². The number of hydrogen-bond acceptors (Lipinski definition) is 3. The predicted molar refractivity (Wildman–Crippen MR) is 67.5 cm³/mol. The van der Waals surface area contributed by atoms with Gasteiger partial charge in [-0.15, -0.1) is 0 Å². The minimum Gasteiger partial charge on any atom is -0.352 e. The van der Waals surface area contributed by atoms with Crippen LogP contribution in [-0.2, 0) is 11.3 Å². The number of hydrogen-bond donors (Lipinski definition) is 2. The zero-order valence-electron chi connectivity index (χ0n) is 10.8. The summed E-state index contributed by atoms with van der Waals surface area (Å²) < 4.78 is 1.83. The van der Waals surface area contributed by atoms with E-state index in [2.05, 4.69) is 29.6 Å². The number of carbonyl (C=O) groups excluding carboxylic acids is 1. The van der Waals surface area contributed by atoms with Crippen LogP contribution >= 0.6 is 0 Å². The highest BCUT2D eigenvalue weighted by molar-refractivity contribution is 5.78. The monoisotopic (exact) mass is 238 g/mol. The molecule has 0 saturated carbocycles. The van der Waals surface area contributed by atoms with Crippen molar-refractivity contribution in [1.29, 1.82) is 0 Å². The molecule has 0 aromatic carbocycles. The Morgan fingerprint density at radius 2 is 2.18 bits per heavy atom. The first-order valence-corrected chi connectivity index (χ1v) is 6.07. The Hall–Kier alpha value is -1.36. The molecule has 0 aliphatic rings.